The van der Waals surface area contributed by atoms with E-state index in [1.807, 2.05) is 0 Å². The normalized spacial score (nSPS) is 12.6. The summed E-state index contributed by atoms with van der Waals surface area (Å²) in [5.41, 5.74) is -2.17. The van der Waals surface area contributed by atoms with Crippen molar-refractivity contribution in [2.75, 3.05) is 0 Å². The number of furan rings is 1. The van der Waals surface area contributed by atoms with Crippen molar-refractivity contribution in [2.24, 2.45) is 0 Å². The van der Waals surface area contributed by atoms with Crippen molar-refractivity contribution >= 4 is 10.1 Å². The van der Waals surface area contributed by atoms with Gasteiger partial charge >= 0.3 is 29.6 Å². The van der Waals surface area contributed by atoms with E-state index in [-0.39, 0.29) is 41.7 Å². The zero-order valence-corrected chi connectivity index (χ0v) is 10.8. The Morgan fingerprint density at radius 3 is 2.67 bits per heavy atom. The smallest absolute Gasteiger partial charge is 0.746 e. The largest absolute Gasteiger partial charge is 1.00 e. The van der Waals surface area contributed by atoms with Crippen LogP contribution in [0.4, 0.5) is 0 Å². The Morgan fingerprint density at radius 2 is 2.20 bits per heavy atom. The third-order valence-corrected chi connectivity index (χ3v) is 2.25. The molecule has 0 aliphatic heterocycles. The van der Waals surface area contributed by atoms with Gasteiger partial charge in [0.05, 0.1) is 6.42 Å². The van der Waals surface area contributed by atoms with Gasteiger partial charge in [0.2, 0.25) is 5.44 Å². The van der Waals surface area contributed by atoms with Crippen LogP contribution in [-0.2, 0) is 16.5 Å². The summed E-state index contributed by atoms with van der Waals surface area (Å²) in [6, 6.07) is 2.61. The molecule has 7 heteroatoms. The molecule has 1 rings (SSSR count). The van der Waals surface area contributed by atoms with Crippen molar-refractivity contribution in [3.63, 3.8) is 0 Å². The molecule has 5 nitrogen and oxygen atoms in total. The molecule has 76 valence electrons. The van der Waals surface area contributed by atoms with E-state index in [2.05, 4.69) is 5.92 Å². The average Bonchev–Trinajstić information content (AvgIpc) is 2.50. The van der Waals surface area contributed by atoms with Crippen molar-refractivity contribution in [1.29, 1.82) is 0 Å². The Hall–Kier alpha value is -0.290. The minimum absolute atomic E-state index is 0. The molecule has 0 aromatic carbocycles. The Bertz CT molecular complexity index is 456. The van der Waals surface area contributed by atoms with Crippen LogP contribution in [0.15, 0.2) is 16.5 Å². The molecule has 0 saturated heterocycles. The molecule has 0 aliphatic carbocycles. The monoisotopic (exact) mass is 238 g/mol. The Balaban J connectivity index is 0.00000196. The number of aliphatic hydroxyl groups excluding tert-OH is 1. The third-order valence-electron chi connectivity index (χ3n) is 1.48. The molecule has 0 saturated carbocycles. The number of rotatable bonds is 3. The summed E-state index contributed by atoms with van der Waals surface area (Å²) >= 11 is 0. The molecule has 1 N–H and O–H groups in total. The average molecular weight is 238 g/mol. The maximum absolute atomic E-state index is 10.4. The quantitative estimate of drug-likeness (QED) is 0.344. The predicted molar refractivity (Wildman–Crippen MR) is 45.9 cm³/mol. The fourth-order valence-corrected chi connectivity index (χ4v) is 1.28. The summed E-state index contributed by atoms with van der Waals surface area (Å²) in [5, 5.41) is 8.99. The van der Waals surface area contributed by atoms with E-state index < -0.39 is 15.6 Å². The summed E-state index contributed by atoms with van der Waals surface area (Å²) in [7, 11) is -4.80. The topological polar surface area (TPSA) is 90.6 Å². The van der Waals surface area contributed by atoms with Gasteiger partial charge in [0, 0.05) is 0 Å². The van der Waals surface area contributed by atoms with Gasteiger partial charge in [-0.3, -0.25) is 0 Å². The second-order valence-electron chi connectivity index (χ2n) is 2.53. The van der Waals surface area contributed by atoms with Gasteiger partial charge in [-0.25, -0.2) is 8.42 Å². The van der Waals surface area contributed by atoms with E-state index in [0.29, 0.717) is 5.76 Å². The van der Waals surface area contributed by atoms with Gasteiger partial charge in [-0.1, -0.05) is 5.92 Å². The van der Waals surface area contributed by atoms with E-state index in [1.165, 1.54) is 12.1 Å². The van der Waals surface area contributed by atoms with Crippen molar-refractivity contribution in [3.8, 4) is 12.3 Å². The van der Waals surface area contributed by atoms with Crippen LogP contribution in [0.3, 0.4) is 0 Å². The molecule has 1 atom stereocenters. The van der Waals surface area contributed by atoms with Crippen LogP contribution in [0, 0.1) is 12.3 Å². The first-order valence-electron chi connectivity index (χ1n) is 3.60. The first kappa shape index (κ1) is 14.7. The molecular formula is C8H7NaO5S. The number of hydrogen-bond acceptors (Lipinski definition) is 5. The van der Waals surface area contributed by atoms with Crippen molar-refractivity contribution in [3.05, 3.63) is 23.7 Å². The van der Waals surface area contributed by atoms with Crippen LogP contribution in [0.25, 0.3) is 0 Å². The van der Waals surface area contributed by atoms with E-state index in [4.69, 9.17) is 15.9 Å². The fraction of sp³-hybridized carbons (Fsp3) is 0.250. The van der Waals surface area contributed by atoms with E-state index in [9.17, 15) is 13.0 Å². The molecular weight excluding hydrogens is 231 g/mol. The molecule has 0 radical (unpaired) electrons. The molecule has 1 aromatic heterocycles. The minimum Gasteiger partial charge on any atom is -0.746 e. The zero-order valence-electron chi connectivity index (χ0n) is 8.00. The van der Waals surface area contributed by atoms with Gasteiger partial charge in [0.25, 0.3) is 0 Å². The Labute approximate surface area is 110 Å². The molecule has 1 aromatic rings. The molecule has 15 heavy (non-hydrogen) atoms. The van der Waals surface area contributed by atoms with E-state index in [1.54, 1.807) is 0 Å². The molecule has 0 spiro atoms. The van der Waals surface area contributed by atoms with Crippen LogP contribution in [0.2, 0.25) is 0 Å². The van der Waals surface area contributed by atoms with E-state index >= 15 is 0 Å². The molecule has 1 unspecified atom stereocenters. The van der Waals surface area contributed by atoms with Crippen molar-refractivity contribution in [2.45, 2.75) is 11.9 Å². The third kappa shape index (κ3) is 3.99. The Morgan fingerprint density at radius 1 is 1.60 bits per heavy atom. The maximum Gasteiger partial charge on any atom is 1.00 e. The second-order valence-corrected chi connectivity index (χ2v) is 3.96. The molecule has 0 bridgehead atoms. The molecule has 0 amide bonds. The summed E-state index contributed by atoms with van der Waals surface area (Å²) in [6.07, 6.45) is 5.15. The minimum atomic E-state index is -4.80. The van der Waals surface area contributed by atoms with Gasteiger partial charge in [-0.05, 0) is 12.1 Å². The van der Waals surface area contributed by atoms with Crippen LogP contribution in [-0.4, -0.2) is 18.1 Å². The SMILES string of the molecule is C#CCc1ccc(C(O)S(=O)(=O)[O-])o1.[Na+]. The molecule has 0 aliphatic rings. The fourth-order valence-electron chi connectivity index (χ4n) is 0.865. The summed E-state index contributed by atoms with van der Waals surface area (Å²) < 4.78 is 36.0. The number of terminal acetylenes is 1. The number of hydrogen-bond donors (Lipinski definition) is 1. The molecule has 1 heterocycles. The van der Waals surface area contributed by atoms with Crippen LogP contribution in [0.1, 0.15) is 17.0 Å². The van der Waals surface area contributed by atoms with Gasteiger partial charge in [0.15, 0.2) is 0 Å². The van der Waals surface area contributed by atoms with Crippen LogP contribution >= 0.6 is 0 Å². The van der Waals surface area contributed by atoms with Crippen molar-refractivity contribution in [1.82, 2.24) is 0 Å². The zero-order chi connectivity index (χ0) is 10.8. The maximum atomic E-state index is 10.4. The standard InChI is InChI=1S/C8H8O5S.Na/c1-2-3-6-4-5-7(13-6)8(9)14(10,11)12;/h1,4-5,8-9H,3H2,(H,10,11,12);/q;+1/p-1. The van der Waals surface area contributed by atoms with Crippen LogP contribution in [0.5, 0.6) is 0 Å². The summed E-state index contributed by atoms with van der Waals surface area (Å²) in [5.74, 6) is 2.28. The second kappa shape index (κ2) is 5.70. The molecule has 0 fully saturated rings. The van der Waals surface area contributed by atoms with E-state index in [0.717, 1.165) is 0 Å². The summed E-state index contributed by atoms with van der Waals surface area (Å²) in [4.78, 5) is 0. The van der Waals surface area contributed by atoms with Gasteiger partial charge in [0.1, 0.15) is 21.6 Å². The predicted octanol–water partition coefficient (Wildman–Crippen LogP) is -3.00. The first-order valence-corrected chi connectivity index (χ1v) is 5.07. The van der Waals surface area contributed by atoms with Crippen LogP contribution < -0.4 is 29.6 Å². The summed E-state index contributed by atoms with van der Waals surface area (Å²) in [6.45, 7) is 0. The van der Waals surface area contributed by atoms with Gasteiger partial charge in [-0.15, -0.1) is 6.42 Å². The van der Waals surface area contributed by atoms with Gasteiger partial charge < -0.3 is 14.1 Å². The number of aliphatic hydroxyl groups is 1. The van der Waals surface area contributed by atoms with Crippen molar-refractivity contribution < 1.29 is 52.1 Å². The first-order chi connectivity index (χ1) is 6.45. The van der Waals surface area contributed by atoms with Gasteiger partial charge in [-0.2, -0.15) is 0 Å². The Kier molecular flexibility index (Phi) is 5.59.